The van der Waals surface area contributed by atoms with Crippen LogP contribution in [-0.4, -0.2) is 6.10 Å². The molecule has 0 aliphatic rings. The van der Waals surface area contributed by atoms with Gasteiger partial charge in [0.2, 0.25) is 0 Å². The Bertz CT molecular complexity index is 509. The SMILES string of the molecule is CC(C)Oc1ccc(Oc2cc[c]cc2)cc1Cl. The van der Waals surface area contributed by atoms with E-state index in [1.165, 1.54) is 0 Å². The van der Waals surface area contributed by atoms with Gasteiger partial charge in [-0.05, 0) is 44.2 Å². The van der Waals surface area contributed by atoms with E-state index in [2.05, 4.69) is 6.07 Å². The second-order valence-electron chi connectivity index (χ2n) is 4.10. The van der Waals surface area contributed by atoms with Crippen molar-refractivity contribution < 1.29 is 9.47 Å². The quantitative estimate of drug-likeness (QED) is 0.793. The molecule has 2 nitrogen and oxygen atoms in total. The molecule has 0 aliphatic heterocycles. The summed E-state index contributed by atoms with van der Waals surface area (Å²) in [6.07, 6.45) is 0.0962. The maximum absolute atomic E-state index is 6.13. The monoisotopic (exact) mass is 261 g/mol. The third-order valence-corrected chi connectivity index (χ3v) is 2.48. The zero-order valence-electron chi connectivity index (χ0n) is 10.3. The second-order valence-corrected chi connectivity index (χ2v) is 4.50. The maximum atomic E-state index is 6.13. The van der Waals surface area contributed by atoms with E-state index in [1.807, 2.05) is 38.1 Å². The first kappa shape index (κ1) is 12.8. The first-order valence-electron chi connectivity index (χ1n) is 5.75. The first-order chi connectivity index (χ1) is 8.65. The Hall–Kier alpha value is -1.67. The molecule has 2 aromatic carbocycles. The van der Waals surface area contributed by atoms with Crippen LogP contribution in [0.2, 0.25) is 5.02 Å². The maximum Gasteiger partial charge on any atom is 0.138 e. The molecule has 0 atom stereocenters. The van der Waals surface area contributed by atoms with Gasteiger partial charge in [0, 0.05) is 6.07 Å². The average Bonchev–Trinajstić information content (AvgIpc) is 2.33. The molecule has 93 valence electrons. The van der Waals surface area contributed by atoms with Crippen molar-refractivity contribution in [2.45, 2.75) is 20.0 Å². The number of hydrogen-bond donors (Lipinski definition) is 0. The Labute approximate surface area is 112 Å². The van der Waals surface area contributed by atoms with Gasteiger partial charge >= 0.3 is 0 Å². The van der Waals surface area contributed by atoms with Gasteiger partial charge in [-0.15, -0.1) is 0 Å². The van der Waals surface area contributed by atoms with E-state index >= 15 is 0 Å². The van der Waals surface area contributed by atoms with Crippen molar-refractivity contribution >= 4 is 11.6 Å². The number of ether oxygens (including phenoxy) is 2. The minimum absolute atomic E-state index is 0.0962. The van der Waals surface area contributed by atoms with E-state index in [0.29, 0.717) is 16.5 Å². The van der Waals surface area contributed by atoms with E-state index < -0.39 is 0 Å². The van der Waals surface area contributed by atoms with Gasteiger partial charge in [0.25, 0.3) is 0 Å². The molecule has 2 rings (SSSR count). The smallest absolute Gasteiger partial charge is 0.138 e. The van der Waals surface area contributed by atoms with Gasteiger partial charge in [0.15, 0.2) is 0 Å². The summed E-state index contributed by atoms with van der Waals surface area (Å²) in [4.78, 5) is 0. The topological polar surface area (TPSA) is 18.5 Å². The normalized spacial score (nSPS) is 10.4. The van der Waals surface area contributed by atoms with Gasteiger partial charge in [-0.1, -0.05) is 23.7 Å². The minimum Gasteiger partial charge on any atom is -0.489 e. The van der Waals surface area contributed by atoms with Gasteiger partial charge in [-0.2, -0.15) is 0 Å². The summed E-state index contributed by atoms with van der Waals surface area (Å²) in [5.41, 5.74) is 0. The number of benzene rings is 2. The highest BCUT2D eigenvalue weighted by molar-refractivity contribution is 6.32. The lowest BCUT2D eigenvalue weighted by molar-refractivity contribution is 0.242. The summed E-state index contributed by atoms with van der Waals surface area (Å²) in [6.45, 7) is 3.92. The Balaban J connectivity index is 2.14. The van der Waals surface area contributed by atoms with Crippen molar-refractivity contribution in [1.82, 2.24) is 0 Å². The zero-order chi connectivity index (χ0) is 13.0. The molecule has 3 heteroatoms. The molecule has 0 amide bonds. The fourth-order valence-corrected chi connectivity index (χ4v) is 1.69. The fourth-order valence-electron chi connectivity index (χ4n) is 1.47. The van der Waals surface area contributed by atoms with Crippen molar-refractivity contribution in [3.8, 4) is 17.2 Å². The molecule has 0 aliphatic carbocycles. The van der Waals surface area contributed by atoms with E-state index in [9.17, 15) is 0 Å². The van der Waals surface area contributed by atoms with Crippen LogP contribution in [0, 0.1) is 6.07 Å². The second kappa shape index (κ2) is 5.78. The average molecular weight is 262 g/mol. The zero-order valence-corrected chi connectivity index (χ0v) is 11.1. The lowest BCUT2D eigenvalue weighted by Crippen LogP contribution is -2.05. The van der Waals surface area contributed by atoms with E-state index in [0.717, 1.165) is 5.75 Å². The van der Waals surface area contributed by atoms with Crippen LogP contribution < -0.4 is 9.47 Å². The molecule has 0 N–H and O–H groups in total. The van der Waals surface area contributed by atoms with Crippen LogP contribution in [0.4, 0.5) is 0 Å². The Kier molecular flexibility index (Phi) is 4.11. The molecular weight excluding hydrogens is 248 g/mol. The first-order valence-corrected chi connectivity index (χ1v) is 6.13. The van der Waals surface area contributed by atoms with E-state index in [1.54, 1.807) is 18.2 Å². The van der Waals surface area contributed by atoms with Crippen molar-refractivity contribution in [2.24, 2.45) is 0 Å². The number of hydrogen-bond acceptors (Lipinski definition) is 2. The van der Waals surface area contributed by atoms with Crippen LogP contribution in [0.5, 0.6) is 17.2 Å². The molecule has 18 heavy (non-hydrogen) atoms. The molecule has 2 aromatic rings. The molecule has 0 unspecified atom stereocenters. The molecule has 0 bridgehead atoms. The van der Waals surface area contributed by atoms with E-state index in [4.69, 9.17) is 21.1 Å². The van der Waals surface area contributed by atoms with Crippen LogP contribution in [0.1, 0.15) is 13.8 Å². The van der Waals surface area contributed by atoms with E-state index in [-0.39, 0.29) is 6.10 Å². The lowest BCUT2D eigenvalue weighted by atomic mass is 10.3. The summed E-state index contributed by atoms with van der Waals surface area (Å²) >= 11 is 6.13. The fraction of sp³-hybridized carbons (Fsp3) is 0.200. The minimum atomic E-state index is 0.0962. The summed E-state index contributed by atoms with van der Waals surface area (Å²) in [7, 11) is 0. The summed E-state index contributed by atoms with van der Waals surface area (Å²) in [5.74, 6) is 2.10. The van der Waals surface area contributed by atoms with Crippen molar-refractivity contribution in [3.63, 3.8) is 0 Å². The van der Waals surface area contributed by atoms with Crippen LogP contribution in [-0.2, 0) is 0 Å². The molecule has 0 heterocycles. The molecule has 0 saturated carbocycles. The third-order valence-electron chi connectivity index (χ3n) is 2.19. The molecule has 0 aromatic heterocycles. The van der Waals surface area contributed by atoms with Gasteiger partial charge in [-0.3, -0.25) is 0 Å². The third kappa shape index (κ3) is 3.41. The van der Waals surface area contributed by atoms with Gasteiger partial charge in [0.1, 0.15) is 17.2 Å². The molecule has 0 fully saturated rings. The highest BCUT2D eigenvalue weighted by Crippen LogP contribution is 2.31. The standard InChI is InChI=1S/C15H14ClO2/c1-11(2)17-15-9-8-13(10-14(15)16)18-12-6-4-3-5-7-12/h4-11H,1-2H3. The van der Waals surface area contributed by atoms with Crippen molar-refractivity contribution in [2.75, 3.05) is 0 Å². The van der Waals surface area contributed by atoms with Crippen LogP contribution in [0.15, 0.2) is 42.5 Å². The highest BCUT2D eigenvalue weighted by atomic mass is 35.5. The Morgan fingerprint density at radius 1 is 1.06 bits per heavy atom. The van der Waals surface area contributed by atoms with Crippen LogP contribution in [0.25, 0.3) is 0 Å². The van der Waals surface area contributed by atoms with Gasteiger partial charge in [0.05, 0.1) is 11.1 Å². The summed E-state index contributed by atoms with van der Waals surface area (Å²) in [5, 5.41) is 0.545. The Morgan fingerprint density at radius 3 is 2.39 bits per heavy atom. The van der Waals surface area contributed by atoms with Crippen molar-refractivity contribution in [1.29, 1.82) is 0 Å². The highest BCUT2D eigenvalue weighted by Gasteiger charge is 2.06. The summed E-state index contributed by atoms with van der Waals surface area (Å²) in [6, 6.07) is 15.6. The number of rotatable bonds is 4. The number of halogens is 1. The lowest BCUT2D eigenvalue weighted by Gasteiger charge is -2.12. The summed E-state index contributed by atoms with van der Waals surface area (Å²) < 4.78 is 11.2. The van der Waals surface area contributed by atoms with Crippen LogP contribution in [0.3, 0.4) is 0 Å². The Morgan fingerprint density at radius 2 is 1.78 bits per heavy atom. The molecule has 0 spiro atoms. The van der Waals surface area contributed by atoms with Gasteiger partial charge in [-0.25, -0.2) is 0 Å². The van der Waals surface area contributed by atoms with Crippen LogP contribution >= 0.6 is 11.6 Å². The largest absolute Gasteiger partial charge is 0.489 e. The molecular formula is C15H14ClO2. The molecule has 1 radical (unpaired) electrons. The predicted molar refractivity (Wildman–Crippen MR) is 72.6 cm³/mol. The molecule has 0 saturated heterocycles. The van der Waals surface area contributed by atoms with Crippen molar-refractivity contribution in [3.05, 3.63) is 53.6 Å². The van der Waals surface area contributed by atoms with Gasteiger partial charge < -0.3 is 9.47 Å². The predicted octanol–water partition coefficient (Wildman–Crippen LogP) is 4.72.